The number of carbonyl (C=O) groups is 2. The molecule has 0 atom stereocenters. The minimum atomic E-state index is -0.420. The van der Waals surface area contributed by atoms with Crippen LogP contribution in [0.25, 0.3) is 6.08 Å². The van der Waals surface area contributed by atoms with Crippen molar-refractivity contribution in [3.8, 4) is 5.75 Å². The van der Waals surface area contributed by atoms with Crippen molar-refractivity contribution in [1.82, 2.24) is 4.90 Å². The van der Waals surface area contributed by atoms with E-state index in [9.17, 15) is 9.59 Å². The Morgan fingerprint density at radius 1 is 1.06 bits per heavy atom. The second-order valence-corrected chi connectivity index (χ2v) is 9.30. The number of amides is 1. The summed E-state index contributed by atoms with van der Waals surface area (Å²) in [6.07, 6.45) is 1.76. The van der Waals surface area contributed by atoms with Crippen molar-refractivity contribution < 1.29 is 19.1 Å². The van der Waals surface area contributed by atoms with Gasteiger partial charge in [-0.1, -0.05) is 47.5 Å². The Morgan fingerprint density at radius 2 is 1.80 bits per heavy atom. The van der Waals surface area contributed by atoms with Gasteiger partial charge in [-0.2, -0.15) is 0 Å². The third-order valence-electron chi connectivity index (χ3n) is 5.11. The Labute approximate surface area is 217 Å². The number of carbonyl (C=O) groups excluding carboxylic acids is 2. The van der Waals surface area contributed by atoms with E-state index in [1.54, 1.807) is 55.6 Å². The number of likely N-dealkylation sites (N-methyl/N-ethyl adjacent to an activating group) is 1. The van der Waals surface area contributed by atoms with Crippen molar-refractivity contribution in [3.63, 3.8) is 0 Å². The highest BCUT2D eigenvalue weighted by atomic mass is 35.5. The molecule has 4 rings (SSSR count). The average Bonchev–Trinajstić information content (AvgIpc) is 3.12. The molecular formula is C26H20Cl2N2O4S. The van der Waals surface area contributed by atoms with E-state index in [1.807, 2.05) is 24.3 Å². The number of aliphatic imine (C=N–C) groups is 1. The molecule has 0 bridgehead atoms. The minimum Gasteiger partial charge on any atom is -0.487 e. The molecule has 35 heavy (non-hydrogen) atoms. The van der Waals surface area contributed by atoms with Gasteiger partial charge in [-0.05, 0) is 65.9 Å². The van der Waals surface area contributed by atoms with E-state index in [4.69, 9.17) is 32.7 Å². The molecule has 0 spiro atoms. The van der Waals surface area contributed by atoms with Crippen molar-refractivity contribution in [2.24, 2.45) is 4.99 Å². The number of thioether (sulfide) groups is 1. The molecule has 3 aromatic carbocycles. The van der Waals surface area contributed by atoms with Crippen LogP contribution in [0.2, 0.25) is 10.0 Å². The molecule has 0 saturated carbocycles. The fourth-order valence-corrected chi connectivity index (χ4v) is 4.62. The zero-order valence-corrected chi connectivity index (χ0v) is 21.2. The fourth-order valence-electron chi connectivity index (χ4n) is 3.20. The molecule has 1 saturated heterocycles. The molecular weight excluding hydrogens is 507 g/mol. The van der Waals surface area contributed by atoms with Crippen molar-refractivity contribution in [1.29, 1.82) is 0 Å². The number of esters is 1. The van der Waals surface area contributed by atoms with E-state index in [2.05, 4.69) is 4.99 Å². The Kier molecular flexibility index (Phi) is 7.80. The predicted octanol–water partition coefficient (Wildman–Crippen LogP) is 6.59. The van der Waals surface area contributed by atoms with Crippen LogP contribution in [0.4, 0.5) is 5.69 Å². The topological polar surface area (TPSA) is 68.2 Å². The van der Waals surface area contributed by atoms with E-state index < -0.39 is 5.97 Å². The lowest BCUT2D eigenvalue weighted by Gasteiger charge is -2.10. The summed E-state index contributed by atoms with van der Waals surface area (Å²) in [4.78, 5) is 30.9. The normalized spacial score (nSPS) is 15.7. The first kappa shape index (κ1) is 24.9. The number of halogens is 2. The Balaban J connectivity index is 1.48. The van der Waals surface area contributed by atoms with Gasteiger partial charge in [0.25, 0.3) is 5.91 Å². The molecule has 178 valence electrons. The third kappa shape index (κ3) is 5.88. The van der Waals surface area contributed by atoms with Crippen LogP contribution in [-0.2, 0) is 16.1 Å². The lowest BCUT2D eigenvalue weighted by molar-refractivity contribution is -0.121. The van der Waals surface area contributed by atoms with E-state index in [0.29, 0.717) is 43.7 Å². The maximum Gasteiger partial charge on any atom is 0.337 e. The smallest absolute Gasteiger partial charge is 0.337 e. The molecule has 0 unspecified atom stereocenters. The van der Waals surface area contributed by atoms with Crippen molar-refractivity contribution in [2.75, 3.05) is 14.2 Å². The molecule has 1 fully saturated rings. The van der Waals surface area contributed by atoms with Crippen molar-refractivity contribution in [3.05, 3.63) is 98.4 Å². The monoisotopic (exact) mass is 526 g/mol. The van der Waals surface area contributed by atoms with Gasteiger partial charge in [0.2, 0.25) is 0 Å². The zero-order valence-electron chi connectivity index (χ0n) is 18.8. The van der Waals surface area contributed by atoms with Gasteiger partial charge in [-0.25, -0.2) is 9.79 Å². The zero-order chi connectivity index (χ0) is 24.9. The Morgan fingerprint density at radius 3 is 2.49 bits per heavy atom. The molecule has 0 radical (unpaired) electrons. The van der Waals surface area contributed by atoms with Crippen LogP contribution < -0.4 is 4.74 Å². The summed E-state index contributed by atoms with van der Waals surface area (Å²) < 4.78 is 10.5. The molecule has 6 nitrogen and oxygen atoms in total. The molecule has 1 heterocycles. The van der Waals surface area contributed by atoms with Gasteiger partial charge in [-0.15, -0.1) is 0 Å². The lowest BCUT2D eigenvalue weighted by atomic mass is 10.2. The van der Waals surface area contributed by atoms with E-state index in [-0.39, 0.29) is 5.91 Å². The molecule has 1 aliphatic rings. The van der Waals surface area contributed by atoms with Crippen LogP contribution in [0.5, 0.6) is 5.75 Å². The van der Waals surface area contributed by atoms with E-state index in [0.717, 1.165) is 11.1 Å². The number of nitrogens with zero attached hydrogens (tertiary/aromatic N) is 2. The van der Waals surface area contributed by atoms with Gasteiger partial charge < -0.3 is 9.47 Å². The van der Waals surface area contributed by atoms with Crippen LogP contribution in [0.3, 0.4) is 0 Å². The molecule has 3 aromatic rings. The van der Waals surface area contributed by atoms with Crippen LogP contribution in [0, 0.1) is 0 Å². The van der Waals surface area contributed by atoms with Crippen molar-refractivity contribution in [2.45, 2.75) is 6.61 Å². The van der Waals surface area contributed by atoms with Gasteiger partial charge in [0.05, 0.1) is 28.3 Å². The standard InChI is InChI=1S/C26H20Cl2N2O4S/c1-30-24(31)23(35-26(30)29-19-10-8-17(9-11-19)25(32)33-2)14-16-7-12-22(21(28)13-16)34-15-18-5-3-4-6-20(18)27/h3-14H,15H2,1-2H3. The van der Waals surface area contributed by atoms with Gasteiger partial charge in [0, 0.05) is 17.6 Å². The first-order chi connectivity index (χ1) is 16.9. The summed E-state index contributed by atoms with van der Waals surface area (Å²) in [7, 11) is 2.99. The summed E-state index contributed by atoms with van der Waals surface area (Å²) in [5.41, 5.74) is 2.66. The average molecular weight is 527 g/mol. The quantitative estimate of drug-likeness (QED) is 0.267. The summed E-state index contributed by atoms with van der Waals surface area (Å²) in [6.45, 7) is 0.291. The highest BCUT2D eigenvalue weighted by Crippen LogP contribution is 2.35. The third-order valence-corrected chi connectivity index (χ3v) is 6.84. The molecule has 9 heteroatoms. The highest BCUT2D eigenvalue weighted by Gasteiger charge is 2.30. The highest BCUT2D eigenvalue weighted by molar-refractivity contribution is 8.18. The number of methoxy groups -OCH3 is 1. The number of rotatable bonds is 6. The number of amidine groups is 1. The summed E-state index contributed by atoms with van der Waals surface area (Å²) >= 11 is 13.9. The second kappa shape index (κ2) is 11.0. The maximum atomic E-state index is 12.8. The fraction of sp³-hybridized carbons (Fsp3) is 0.115. The minimum absolute atomic E-state index is 0.171. The molecule has 0 N–H and O–H groups in total. The number of hydrogen-bond donors (Lipinski definition) is 0. The van der Waals surface area contributed by atoms with Crippen LogP contribution in [-0.4, -0.2) is 36.1 Å². The summed E-state index contributed by atoms with van der Waals surface area (Å²) in [5, 5.41) is 1.58. The van der Waals surface area contributed by atoms with Crippen molar-refractivity contribution >= 4 is 63.8 Å². The Bertz CT molecular complexity index is 1340. The lowest BCUT2D eigenvalue weighted by Crippen LogP contribution is -2.23. The number of benzene rings is 3. The van der Waals surface area contributed by atoms with E-state index in [1.165, 1.54) is 23.8 Å². The van der Waals surface area contributed by atoms with Gasteiger partial charge in [-0.3, -0.25) is 9.69 Å². The largest absolute Gasteiger partial charge is 0.487 e. The first-order valence-electron chi connectivity index (χ1n) is 10.5. The Hall–Kier alpha value is -3.26. The van der Waals surface area contributed by atoms with Crippen LogP contribution in [0.1, 0.15) is 21.5 Å². The predicted molar refractivity (Wildman–Crippen MR) is 140 cm³/mol. The first-order valence-corrected chi connectivity index (χ1v) is 12.0. The van der Waals surface area contributed by atoms with Crippen LogP contribution in [0.15, 0.2) is 76.6 Å². The number of ether oxygens (including phenoxy) is 2. The SMILES string of the molecule is COC(=O)c1ccc(N=C2SC(=Cc3ccc(OCc4ccccc4Cl)c(Cl)c3)C(=O)N2C)cc1. The number of hydrogen-bond acceptors (Lipinski definition) is 6. The molecule has 0 aliphatic carbocycles. The molecule has 0 aromatic heterocycles. The van der Waals surface area contributed by atoms with Crippen LogP contribution >= 0.6 is 35.0 Å². The van der Waals surface area contributed by atoms with Gasteiger partial charge in [0.1, 0.15) is 12.4 Å². The van der Waals surface area contributed by atoms with Gasteiger partial charge in [0.15, 0.2) is 5.17 Å². The molecule has 1 amide bonds. The molecule has 1 aliphatic heterocycles. The van der Waals surface area contributed by atoms with E-state index >= 15 is 0 Å². The summed E-state index contributed by atoms with van der Waals surface area (Å²) in [5.74, 6) is -0.0695. The van der Waals surface area contributed by atoms with Gasteiger partial charge >= 0.3 is 5.97 Å². The maximum absolute atomic E-state index is 12.8. The summed E-state index contributed by atoms with van der Waals surface area (Å²) in [6, 6.07) is 19.4. The second-order valence-electron chi connectivity index (χ2n) is 7.48.